The molecule has 1 N–H and O–H groups in total. The summed E-state index contributed by atoms with van der Waals surface area (Å²) < 4.78 is 8.80. The van der Waals surface area contributed by atoms with Crippen LogP contribution in [-0.2, 0) is 0 Å². The normalized spacial score (nSPS) is 11.5. The molecule has 5 aromatic carbocycles. The molecule has 0 bridgehead atoms. The van der Waals surface area contributed by atoms with Crippen molar-refractivity contribution in [2.45, 2.75) is 77.2 Å². The summed E-state index contributed by atoms with van der Waals surface area (Å²) in [5.74, 6) is 1.80. The monoisotopic (exact) mass is 635 g/mol. The zero-order valence-electron chi connectivity index (χ0n) is 28.5. The number of allylic oxidation sites excluding steroid dienone is 2. The molecular formula is C44H49N3O. The van der Waals surface area contributed by atoms with E-state index in [1.54, 1.807) is 0 Å². The van der Waals surface area contributed by atoms with Gasteiger partial charge in [-0.15, -0.1) is 13.2 Å². The third-order valence-electron chi connectivity index (χ3n) is 9.32. The van der Waals surface area contributed by atoms with Crippen molar-refractivity contribution in [1.82, 2.24) is 9.55 Å². The van der Waals surface area contributed by atoms with Gasteiger partial charge < -0.3 is 10.1 Å². The van der Waals surface area contributed by atoms with Gasteiger partial charge in [-0.05, 0) is 91.4 Å². The topological polar surface area (TPSA) is 39.1 Å². The number of ether oxygens (including phenoxy) is 1. The van der Waals surface area contributed by atoms with Crippen molar-refractivity contribution in [2.75, 3.05) is 11.9 Å². The van der Waals surface area contributed by atoms with E-state index in [1.807, 2.05) is 12.2 Å². The van der Waals surface area contributed by atoms with Crippen LogP contribution < -0.4 is 10.1 Å². The van der Waals surface area contributed by atoms with Gasteiger partial charge in [-0.2, -0.15) is 0 Å². The molecular weight excluding hydrogens is 587 g/mol. The van der Waals surface area contributed by atoms with Crippen molar-refractivity contribution in [3.8, 4) is 22.8 Å². The summed E-state index contributed by atoms with van der Waals surface area (Å²) in [6, 6.07) is 34.6. The second-order valence-electron chi connectivity index (χ2n) is 12.8. The molecule has 0 spiro atoms. The highest BCUT2D eigenvalue weighted by Gasteiger charge is 2.20. The van der Waals surface area contributed by atoms with Gasteiger partial charge in [0.1, 0.15) is 11.6 Å². The second-order valence-corrected chi connectivity index (χ2v) is 12.8. The van der Waals surface area contributed by atoms with Gasteiger partial charge in [0, 0.05) is 34.3 Å². The number of hydrogen-bond acceptors (Lipinski definition) is 3. The fourth-order valence-electron chi connectivity index (χ4n) is 6.76. The summed E-state index contributed by atoms with van der Waals surface area (Å²) >= 11 is 0. The SMILES string of the molecule is C=CCCC(CCC=C)Oc1ccc(-n2c(-c3ccc(NCCCCCCCC)cc3)nc3c4ccccc4c4ccccc4c32)cc1. The Labute approximate surface area is 286 Å². The minimum atomic E-state index is 0.125. The first-order valence-corrected chi connectivity index (χ1v) is 17.9. The van der Waals surface area contributed by atoms with E-state index in [1.165, 1.54) is 54.7 Å². The fourth-order valence-corrected chi connectivity index (χ4v) is 6.76. The summed E-state index contributed by atoms with van der Waals surface area (Å²) in [5.41, 5.74) is 5.42. The Morgan fingerprint density at radius 1 is 0.708 bits per heavy atom. The van der Waals surface area contributed by atoms with E-state index in [9.17, 15) is 0 Å². The fraction of sp³-hybridized carbons (Fsp3) is 0.295. The predicted octanol–water partition coefficient (Wildman–Crippen LogP) is 12.5. The summed E-state index contributed by atoms with van der Waals surface area (Å²) in [6.45, 7) is 11.1. The zero-order valence-corrected chi connectivity index (χ0v) is 28.5. The highest BCUT2D eigenvalue weighted by atomic mass is 16.5. The summed E-state index contributed by atoms with van der Waals surface area (Å²) in [4.78, 5) is 5.41. The number of anilines is 1. The zero-order chi connectivity index (χ0) is 33.1. The number of unbranched alkanes of at least 4 members (excludes halogenated alkanes) is 5. The van der Waals surface area contributed by atoms with Gasteiger partial charge in [-0.1, -0.05) is 99.7 Å². The molecule has 246 valence electrons. The highest BCUT2D eigenvalue weighted by Crippen LogP contribution is 2.39. The van der Waals surface area contributed by atoms with E-state index in [0.29, 0.717) is 0 Å². The van der Waals surface area contributed by atoms with Gasteiger partial charge >= 0.3 is 0 Å². The smallest absolute Gasteiger partial charge is 0.145 e. The molecule has 1 heterocycles. The number of fused-ring (bicyclic) bond motifs is 6. The number of benzene rings is 5. The van der Waals surface area contributed by atoms with Gasteiger partial charge in [0.05, 0.1) is 17.1 Å². The van der Waals surface area contributed by atoms with Gasteiger partial charge in [0.2, 0.25) is 0 Å². The molecule has 48 heavy (non-hydrogen) atoms. The molecule has 1 aromatic heterocycles. The van der Waals surface area contributed by atoms with Crippen LogP contribution in [0.1, 0.15) is 71.1 Å². The lowest BCUT2D eigenvalue weighted by atomic mass is 10.00. The van der Waals surface area contributed by atoms with Crippen LogP contribution in [0.4, 0.5) is 5.69 Å². The van der Waals surface area contributed by atoms with Crippen LogP contribution in [-0.4, -0.2) is 22.2 Å². The maximum absolute atomic E-state index is 6.47. The van der Waals surface area contributed by atoms with E-state index < -0.39 is 0 Å². The Morgan fingerprint density at radius 2 is 1.31 bits per heavy atom. The standard InChI is InChI=1S/C44H49N3O/c1-4-7-10-11-12-17-32-45-34-26-24-33(25-27-34)44-46-42-40-22-15-13-20-38(40)39-21-14-16-23-41(39)43(42)47(44)35-28-30-37(31-29-35)48-36(18-8-5-2)19-9-6-3/h5-6,13-16,20-31,36,45H,2-4,7-12,17-19,32H2,1H3. The Kier molecular flexibility index (Phi) is 11.3. The minimum absolute atomic E-state index is 0.125. The largest absolute Gasteiger partial charge is 0.490 e. The van der Waals surface area contributed by atoms with Crippen molar-refractivity contribution in [3.63, 3.8) is 0 Å². The Bertz CT molecular complexity index is 1940. The van der Waals surface area contributed by atoms with Crippen LogP contribution in [0.3, 0.4) is 0 Å². The van der Waals surface area contributed by atoms with E-state index in [0.717, 1.165) is 77.2 Å². The molecule has 0 aliphatic carbocycles. The molecule has 4 nitrogen and oxygen atoms in total. The lowest BCUT2D eigenvalue weighted by molar-refractivity contribution is 0.183. The Hall–Kier alpha value is -4.83. The van der Waals surface area contributed by atoms with Crippen LogP contribution in [0.2, 0.25) is 0 Å². The predicted molar refractivity (Wildman–Crippen MR) is 207 cm³/mol. The molecule has 4 heteroatoms. The summed E-state index contributed by atoms with van der Waals surface area (Å²) in [6.07, 6.45) is 15.6. The second kappa shape index (κ2) is 16.3. The number of rotatable bonds is 18. The van der Waals surface area contributed by atoms with Crippen LogP contribution >= 0.6 is 0 Å². The minimum Gasteiger partial charge on any atom is -0.490 e. The van der Waals surface area contributed by atoms with Crippen LogP contribution in [0.15, 0.2) is 122 Å². The van der Waals surface area contributed by atoms with Crippen molar-refractivity contribution < 1.29 is 4.74 Å². The molecule has 0 unspecified atom stereocenters. The molecule has 6 aromatic rings. The average Bonchev–Trinajstić information content (AvgIpc) is 3.54. The van der Waals surface area contributed by atoms with Crippen molar-refractivity contribution in [1.29, 1.82) is 0 Å². The van der Waals surface area contributed by atoms with Crippen LogP contribution in [0.25, 0.3) is 49.7 Å². The Morgan fingerprint density at radius 3 is 1.98 bits per heavy atom. The molecule has 0 fully saturated rings. The van der Waals surface area contributed by atoms with Crippen molar-refractivity contribution in [3.05, 3.63) is 122 Å². The molecule has 0 aliphatic rings. The quantitative estimate of drug-likeness (QED) is 0.0580. The number of imidazole rings is 1. The van der Waals surface area contributed by atoms with Gasteiger partial charge in [-0.25, -0.2) is 4.98 Å². The molecule has 0 saturated carbocycles. The summed E-state index contributed by atoms with van der Waals surface area (Å²) in [7, 11) is 0. The Balaban J connectivity index is 1.38. The number of nitrogens with zero attached hydrogens (tertiary/aromatic N) is 2. The first-order chi connectivity index (χ1) is 23.7. The van der Waals surface area contributed by atoms with Crippen LogP contribution in [0.5, 0.6) is 5.75 Å². The maximum atomic E-state index is 6.47. The molecule has 0 saturated heterocycles. The highest BCUT2D eigenvalue weighted by molar-refractivity contribution is 6.24. The van der Waals surface area contributed by atoms with Gasteiger partial charge in [0.25, 0.3) is 0 Å². The van der Waals surface area contributed by atoms with Gasteiger partial charge in [-0.3, -0.25) is 4.57 Å². The third kappa shape index (κ3) is 7.49. The average molecular weight is 636 g/mol. The summed E-state index contributed by atoms with van der Waals surface area (Å²) in [5, 5.41) is 8.44. The van der Waals surface area contributed by atoms with E-state index >= 15 is 0 Å². The number of aromatic nitrogens is 2. The molecule has 6 rings (SSSR count). The van der Waals surface area contributed by atoms with E-state index in [2.05, 4.69) is 127 Å². The molecule has 0 atom stereocenters. The van der Waals surface area contributed by atoms with Crippen molar-refractivity contribution >= 4 is 38.3 Å². The van der Waals surface area contributed by atoms with Gasteiger partial charge in [0.15, 0.2) is 0 Å². The van der Waals surface area contributed by atoms with Crippen LogP contribution in [0, 0.1) is 0 Å². The lowest BCUT2D eigenvalue weighted by Crippen LogP contribution is -2.16. The van der Waals surface area contributed by atoms with Crippen molar-refractivity contribution in [2.24, 2.45) is 0 Å². The molecule has 0 aliphatic heterocycles. The number of nitrogens with one attached hydrogen (secondary N) is 1. The lowest BCUT2D eigenvalue weighted by Gasteiger charge is -2.19. The van der Waals surface area contributed by atoms with E-state index in [4.69, 9.17) is 9.72 Å². The first-order valence-electron chi connectivity index (χ1n) is 17.9. The van der Waals surface area contributed by atoms with E-state index in [-0.39, 0.29) is 6.10 Å². The number of hydrogen-bond donors (Lipinski definition) is 1. The maximum Gasteiger partial charge on any atom is 0.145 e. The molecule has 0 amide bonds. The molecule has 0 radical (unpaired) electrons. The first kappa shape index (κ1) is 33.1. The third-order valence-corrected chi connectivity index (χ3v) is 9.32.